The highest BCUT2D eigenvalue weighted by Crippen LogP contribution is 2.32. The van der Waals surface area contributed by atoms with Crippen molar-refractivity contribution in [3.8, 4) is 11.5 Å². The van der Waals surface area contributed by atoms with Crippen molar-refractivity contribution < 1.29 is 19.0 Å². The number of rotatable bonds is 4. The Kier molecular flexibility index (Phi) is 3.98. The summed E-state index contributed by atoms with van der Waals surface area (Å²) in [5, 5.41) is 9.16. The van der Waals surface area contributed by atoms with E-state index >= 15 is 0 Å². The SMILES string of the molecule is COCCOc1c(Cl)ccc(O)c1F. The van der Waals surface area contributed by atoms with Gasteiger partial charge in [0.05, 0.1) is 11.6 Å². The number of hydrogen-bond donors (Lipinski definition) is 1. The lowest BCUT2D eigenvalue weighted by Gasteiger charge is -2.08. The Hall–Kier alpha value is -1.00. The number of hydrogen-bond acceptors (Lipinski definition) is 3. The van der Waals surface area contributed by atoms with Crippen LogP contribution < -0.4 is 4.74 Å². The molecule has 0 bridgehead atoms. The summed E-state index contributed by atoms with van der Waals surface area (Å²) in [6, 6.07) is 2.53. The van der Waals surface area contributed by atoms with Gasteiger partial charge in [-0.2, -0.15) is 4.39 Å². The summed E-state index contributed by atoms with van der Waals surface area (Å²) in [7, 11) is 1.50. The summed E-state index contributed by atoms with van der Waals surface area (Å²) < 4.78 is 22.9. The van der Waals surface area contributed by atoms with E-state index in [9.17, 15) is 4.39 Å². The van der Waals surface area contributed by atoms with Gasteiger partial charge in [-0.1, -0.05) is 11.6 Å². The van der Waals surface area contributed by atoms with Gasteiger partial charge in [0.15, 0.2) is 11.5 Å². The largest absolute Gasteiger partial charge is 0.505 e. The molecule has 5 heteroatoms. The highest BCUT2D eigenvalue weighted by molar-refractivity contribution is 6.32. The second-order valence-corrected chi connectivity index (χ2v) is 2.96. The molecule has 0 fully saturated rings. The Balaban J connectivity index is 2.79. The number of aromatic hydroxyl groups is 1. The smallest absolute Gasteiger partial charge is 0.208 e. The lowest BCUT2D eigenvalue weighted by Crippen LogP contribution is -2.05. The van der Waals surface area contributed by atoms with Crippen LogP contribution in [0.4, 0.5) is 4.39 Å². The normalized spacial score (nSPS) is 10.2. The van der Waals surface area contributed by atoms with Gasteiger partial charge >= 0.3 is 0 Å². The Bertz CT molecular complexity index is 317. The summed E-state index contributed by atoms with van der Waals surface area (Å²) in [6.07, 6.45) is 0. The minimum absolute atomic E-state index is 0.122. The quantitative estimate of drug-likeness (QED) is 0.791. The molecular formula is C9H10ClFO3. The number of halogens is 2. The minimum Gasteiger partial charge on any atom is -0.505 e. The highest BCUT2D eigenvalue weighted by Gasteiger charge is 2.12. The van der Waals surface area contributed by atoms with E-state index in [-0.39, 0.29) is 17.4 Å². The molecule has 1 rings (SSSR count). The summed E-state index contributed by atoms with van der Waals surface area (Å²) in [5.74, 6) is -1.49. The van der Waals surface area contributed by atoms with Gasteiger partial charge in [0.1, 0.15) is 6.61 Å². The van der Waals surface area contributed by atoms with Gasteiger partial charge in [0.25, 0.3) is 0 Å². The standard InChI is InChI=1S/C9H10ClFO3/c1-13-4-5-14-9-6(10)2-3-7(12)8(9)11/h2-3,12H,4-5H2,1H3. The zero-order chi connectivity index (χ0) is 10.6. The first kappa shape index (κ1) is 11.1. The van der Waals surface area contributed by atoms with Crippen LogP contribution in [0.1, 0.15) is 0 Å². The second-order valence-electron chi connectivity index (χ2n) is 2.55. The molecule has 1 aromatic carbocycles. The number of ether oxygens (including phenoxy) is 2. The van der Waals surface area contributed by atoms with E-state index in [1.807, 2.05) is 0 Å². The minimum atomic E-state index is -0.853. The maximum Gasteiger partial charge on any atom is 0.208 e. The molecule has 0 aliphatic carbocycles. The lowest BCUT2D eigenvalue weighted by atomic mass is 10.3. The first-order valence-electron chi connectivity index (χ1n) is 3.95. The highest BCUT2D eigenvalue weighted by atomic mass is 35.5. The number of methoxy groups -OCH3 is 1. The molecule has 0 unspecified atom stereocenters. The van der Waals surface area contributed by atoms with Crippen LogP contribution in [0.15, 0.2) is 12.1 Å². The maximum atomic E-state index is 13.2. The predicted octanol–water partition coefficient (Wildman–Crippen LogP) is 2.21. The fourth-order valence-electron chi connectivity index (χ4n) is 0.881. The average Bonchev–Trinajstić information content (AvgIpc) is 2.18. The zero-order valence-electron chi connectivity index (χ0n) is 7.59. The topological polar surface area (TPSA) is 38.7 Å². The lowest BCUT2D eigenvalue weighted by molar-refractivity contribution is 0.143. The first-order chi connectivity index (χ1) is 6.66. The molecule has 0 amide bonds. The van der Waals surface area contributed by atoms with Gasteiger partial charge in [0.2, 0.25) is 5.82 Å². The molecule has 0 aromatic heterocycles. The van der Waals surface area contributed by atoms with Crippen LogP contribution in [-0.4, -0.2) is 25.4 Å². The van der Waals surface area contributed by atoms with E-state index in [1.165, 1.54) is 19.2 Å². The Labute approximate surface area is 86.0 Å². The molecule has 14 heavy (non-hydrogen) atoms. The number of benzene rings is 1. The van der Waals surface area contributed by atoms with Crippen molar-refractivity contribution >= 4 is 11.6 Å². The van der Waals surface area contributed by atoms with Gasteiger partial charge in [-0.25, -0.2) is 0 Å². The molecule has 0 radical (unpaired) electrons. The average molecular weight is 221 g/mol. The summed E-state index contributed by atoms with van der Waals surface area (Å²) in [4.78, 5) is 0. The third-order valence-electron chi connectivity index (χ3n) is 1.56. The van der Waals surface area contributed by atoms with E-state index in [4.69, 9.17) is 26.2 Å². The fraction of sp³-hybridized carbons (Fsp3) is 0.333. The molecule has 1 N–H and O–H groups in total. The summed E-state index contributed by atoms with van der Waals surface area (Å²) >= 11 is 5.66. The molecule has 1 aromatic rings. The van der Waals surface area contributed by atoms with Crippen molar-refractivity contribution in [2.75, 3.05) is 20.3 Å². The van der Waals surface area contributed by atoms with Gasteiger partial charge < -0.3 is 14.6 Å². The van der Waals surface area contributed by atoms with E-state index in [2.05, 4.69) is 0 Å². The van der Waals surface area contributed by atoms with Crippen molar-refractivity contribution in [1.82, 2.24) is 0 Å². The zero-order valence-corrected chi connectivity index (χ0v) is 8.34. The van der Waals surface area contributed by atoms with Gasteiger partial charge in [0, 0.05) is 7.11 Å². The van der Waals surface area contributed by atoms with Crippen LogP contribution in [-0.2, 0) is 4.74 Å². The van der Waals surface area contributed by atoms with Gasteiger partial charge in [-0.15, -0.1) is 0 Å². The molecule has 78 valence electrons. The predicted molar refractivity (Wildman–Crippen MR) is 50.4 cm³/mol. The molecule has 0 aliphatic heterocycles. The third kappa shape index (κ3) is 2.49. The summed E-state index contributed by atoms with van der Waals surface area (Å²) in [6.45, 7) is 0.502. The van der Waals surface area contributed by atoms with Crippen molar-refractivity contribution in [3.63, 3.8) is 0 Å². The fourth-order valence-corrected chi connectivity index (χ4v) is 1.08. The first-order valence-corrected chi connectivity index (χ1v) is 4.33. The summed E-state index contributed by atoms with van der Waals surface area (Å²) in [5.41, 5.74) is 0. The van der Waals surface area contributed by atoms with E-state index in [0.29, 0.717) is 6.61 Å². The molecule has 0 spiro atoms. The second kappa shape index (κ2) is 5.02. The van der Waals surface area contributed by atoms with Crippen LogP contribution in [0.25, 0.3) is 0 Å². The van der Waals surface area contributed by atoms with Crippen LogP contribution >= 0.6 is 11.6 Å². The number of phenolic OH excluding ortho intramolecular Hbond substituents is 1. The van der Waals surface area contributed by atoms with E-state index < -0.39 is 11.6 Å². The van der Waals surface area contributed by atoms with E-state index in [1.54, 1.807) is 0 Å². The molecule has 3 nitrogen and oxygen atoms in total. The van der Waals surface area contributed by atoms with Crippen LogP contribution in [0, 0.1) is 5.82 Å². The maximum absolute atomic E-state index is 13.2. The van der Waals surface area contributed by atoms with E-state index in [0.717, 1.165) is 0 Å². The third-order valence-corrected chi connectivity index (χ3v) is 1.86. The van der Waals surface area contributed by atoms with Crippen molar-refractivity contribution in [1.29, 1.82) is 0 Å². The molecule has 0 saturated heterocycles. The molecule has 0 heterocycles. The molecule has 0 atom stereocenters. The monoisotopic (exact) mass is 220 g/mol. The van der Waals surface area contributed by atoms with Crippen molar-refractivity contribution in [3.05, 3.63) is 23.0 Å². The van der Waals surface area contributed by atoms with Gasteiger partial charge in [-0.05, 0) is 12.1 Å². The van der Waals surface area contributed by atoms with Crippen molar-refractivity contribution in [2.24, 2.45) is 0 Å². The van der Waals surface area contributed by atoms with Crippen molar-refractivity contribution in [2.45, 2.75) is 0 Å². The van der Waals surface area contributed by atoms with Crippen LogP contribution in [0.2, 0.25) is 5.02 Å². The molecule has 0 saturated carbocycles. The Morgan fingerprint density at radius 3 is 2.79 bits per heavy atom. The van der Waals surface area contributed by atoms with Crippen LogP contribution in [0.3, 0.4) is 0 Å². The number of phenols is 1. The molecule has 0 aliphatic rings. The van der Waals surface area contributed by atoms with Crippen LogP contribution in [0.5, 0.6) is 11.5 Å². The Morgan fingerprint density at radius 1 is 1.43 bits per heavy atom. The Morgan fingerprint density at radius 2 is 2.14 bits per heavy atom. The molecular weight excluding hydrogens is 211 g/mol. The van der Waals surface area contributed by atoms with Gasteiger partial charge in [-0.3, -0.25) is 0 Å².